The lowest BCUT2D eigenvalue weighted by atomic mass is 10.2. The summed E-state index contributed by atoms with van der Waals surface area (Å²) in [6, 6.07) is 4.02. The van der Waals surface area contributed by atoms with Crippen molar-refractivity contribution in [1.82, 2.24) is 0 Å². The van der Waals surface area contributed by atoms with E-state index in [4.69, 9.17) is 4.74 Å². The quantitative estimate of drug-likeness (QED) is 0.846. The van der Waals surface area contributed by atoms with E-state index in [1.807, 2.05) is 0 Å². The molecule has 1 rings (SSSR count). The molecule has 0 aliphatic rings. The molecule has 0 bridgehead atoms. The number of carbonyl (C=O) groups excluding carboxylic acids is 1. The second-order valence-electron chi connectivity index (χ2n) is 3.71. The highest BCUT2D eigenvalue weighted by Crippen LogP contribution is 2.23. The Labute approximate surface area is 103 Å². The van der Waals surface area contributed by atoms with E-state index < -0.39 is 18.2 Å². The van der Waals surface area contributed by atoms with Gasteiger partial charge in [0.05, 0.1) is 12.2 Å². The minimum Gasteiger partial charge on any atom is -0.462 e. The van der Waals surface area contributed by atoms with Crippen LogP contribution in [-0.2, 0) is 4.74 Å². The Morgan fingerprint density at radius 3 is 2.33 bits per heavy atom. The van der Waals surface area contributed by atoms with Gasteiger partial charge in [-0.25, -0.2) is 4.79 Å². The topological polar surface area (TPSA) is 38.3 Å². The predicted molar refractivity (Wildman–Crippen MR) is 61.5 cm³/mol. The number of esters is 1. The lowest BCUT2D eigenvalue weighted by molar-refractivity contribution is -0.138. The van der Waals surface area contributed by atoms with Crippen LogP contribution in [0.25, 0.3) is 0 Å². The summed E-state index contributed by atoms with van der Waals surface area (Å²) in [4.78, 5) is 11.3. The van der Waals surface area contributed by atoms with Gasteiger partial charge >= 0.3 is 12.1 Å². The molecule has 0 amide bonds. The van der Waals surface area contributed by atoms with Gasteiger partial charge < -0.3 is 10.1 Å². The smallest absolute Gasteiger partial charge is 0.408 e. The minimum absolute atomic E-state index is 0.254. The van der Waals surface area contributed by atoms with Crippen molar-refractivity contribution in [3.05, 3.63) is 29.8 Å². The lowest BCUT2D eigenvalue weighted by Gasteiger charge is -2.18. The maximum absolute atomic E-state index is 12.3. The van der Waals surface area contributed by atoms with Gasteiger partial charge in [0.25, 0.3) is 0 Å². The molecule has 0 aromatic heterocycles. The third-order valence-corrected chi connectivity index (χ3v) is 2.27. The van der Waals surface area contributed by atoms with Crippen molar-refractivity contribution in [2.45, 2.75) is 26.1 Å². The first-order chi connectivity index (χ1) is 8.34. The molecular weight excluding hydrogens is 247 g/mol. The molecule has 1 N–H and O–H groups in total. The van der Waals surface area contributed by atoms with Crippen LogP contribution in [0.2, 0.25) is 0 Å². The number of hydrogen-bond acceptors (Lipinski definition) is 3. The van der Waals surface area contributed by atoms with Crippen LogP contribution in [0.3, 0.4) is 0 Å². The van der Waals surface area contributed by atoms with Gasteiger partial charge in [0, 0.05) is 5.69 Å². The number of ether oxygens (including phenoxy) is 1. The normalized spacial score (nSPS) is 12.9. The average molecular weight is 261 g/mol. The zero-order chi connectivity index (χ0) is 13.8. The van der Waals surface area contributed by atoms with E-state index in [2.05, 4.69) is 5.32 Å². The van der Waals surface area contributed by atoms with E-state index in [1.165, 1.54) is 24.3 Å². The van der Waals surface area contributed by atoms with Crippen molar-refractivity contribution >= 4 is 11.7 Å². The highest BCUT2D eigenvalue weighted by atomic mass is 19.4. The number of hydrogen-bond donors (Lipinski definition) is 1. The second-order valence-corrected chi connectivity index (χ2v) is 3.71. The Hall–Kier alpha value is -1.72. The number of alkyl halides is 3. The standard InChI is InChI=1S/C12H14F3NO2/c1-3-18-11(17)9-4-6-10(7-5-9)16-8(2)12(13,14)15/h4-8,16H,3H2,1-2H3. The maximum atomic E-state index is 12.3. The van der Waals surface area contributed by atoms with E-state index in [0.717, 1.165) is 6.92 Å². The number of halogens is 3. The number of rotatable bonds is 4. The van der Waals surface area contributed by atoms with E-state index >= 15 is 0 Å². The molecule has 1 unspecified atom stereocenters. The molecule has 6 heteroatoms. The highest BCUT2D eigenvalue weighted by molar-refractivity contribution is 5.89. The molecule has 0 aliphatic heterocycles. The summed E-state index contributed by atoms with van der Waals surface area (Å²) in [5.41, 5.74) is 0.606. The first-order valence-electron chi connectivity index (χ1n) is 5.45. The predicted octanol–water partition coefficient (Wildman–Crippen LogP) is 3.23. The molecule has 0 heterocycles. The van der Waals surface area contributed by atoms with E-state index in [9.17, 15) is 18.0 Å². The Kier molecular flexibility index (Phi) is 4.58. The van der Waals surface area contributed by atoms with Crippen molar-refractivity contribution in [1.29, 1.82) is 0 Å². The minimum atomic E-state index is -4.31. The molecule has 0 fully saturated rings. The summed E-state index contributed by atoms with van der Waals surface area (Å²) in [7, 11) is 0. The van der Waals surface area contributed by atoms with Crippen LogP contribution in [0.1, 0.15) is 24.2 Å². The first kappa shape index (κ1) is 14.3. The van der Waals surface area contributed by atoms with Crippen LogP contribution in [0, 0.1) is 0 Å². The largest absolute Gasteiger partial charge is 0.462 e. The Morgan fingerprint density at radius 2 is 1.89 bits per heavy atom. The van der Waals surface area contributed by atoms with Crippen LogP contribution in [-0.4, -0.2) is 24.8 Å². The van der Waals surface area contributed by atoms with Gasteiger partial charge in [-0.2, -0.15) is 13.2 Å². The molecule has 100 valence electrons. The van der Waals surface area contributed by atoms with Gasteiger partial charge in [-0.3, -0.25) is 0 Å². The van der Waals surface area contributed by atoms with Crippen LogP contribution < -0.4 is 5.32 Å². The van der Waals surface area contributed by atoms with Crippen molar-refractivity contribution < 1.29 is 22.7 Å². The number of anilines is 1. The molecule has 1 aromatic rings. The zero-order valence-corrected chi connectivity index (χ0v) is 10.0. The van der Waals surface area contributed by atoms with E-state index in [1.54, 1.807) is 6.92 Å². The molecule has 0 aliphatic carbocycles. The van der Waals surface area contributed by atoms with Crippen LogP contribution in [0.5, 0.6) is 0 Å². The Balaban J connectivity index is 2.69. The Morgan fingerprint density at radius 1 is 1.33 bits per heavy atom. The molecule has 1 aromatic carbocycles. The van der Waals surface area contributed by atoms with E-state index in [0.29, 0.717) is 11.3 Å². The van der Waals surface area contributed by atoms with Crippen molar-refractivity contribution in [3.8, 4) is 0 Å². The fourth-order valence-electron chi connectivity index (χ4n) is 1.25. The number of benzene rings is 1. The SMILES string of the molecule is CCOC(=O)c1ccc(NC(C)C(F)(F)F)cc1. The van der Waals surface area contributed by atoms with Gasteiger partial charge in [0.2, 0.25) is 0 Å². The van der Waals surface area contributed by atoms with E-state index in [-0.39, 0.29) is 6.61 Å². The van der Waals surface area contributed by atoms with Gasteiger partial charge in [0.15, 0.2) is 0 Å². The highest BCUT2D eigenvalue weighted by Gasteiger charge is 2.35. The van der Waals surface area contributed by atoms with Gasteiger partial charge in [-0.15, -0.1) is 0 Å². The summed E-state index contributed by atoms with van der Waals surface area (Å²) in [5.74, 6) is -0.493. The molecule has 0 radical (unpaired) electrons. The van der Waals surface area contributed by atoms with Crippen LogP contribution >= 0.6 is 0 Å². The molecule has 18 heavy (non-hydrogen) atoms. The summed E-state index contributed by atoms with van der Waals surface area (Å²) >= 11 is 0. The first-order valence-corrected chi connectivity index (χ1v) is 5.45. The van der Waals surface area contributed by atoms with Crippen molar-refractivity contribution in [2.24, 2.45) is 0 Å². The van der Waals surface area contributed by atoms with Crippen LogP contribution in [0.4, 0.5) is 18.9 Å². The fourth-order valence-corrected chi connectivity index (χ4v) is 1.25. The number of nitrogens with one attached hydrogen (secondary N) is 1. The molecule has 0 saturated carbocycles. The summed E-state index contributed by atoms with van der Waals surface area (Å²) in [6.45, 7) is 2.96. The van der Waals surface area contributed by atoms with Gasteiger partial charge in [0.1, 0.15) is 6.04 Å². The fraction of sp³-hybridized carbons (Fsp3) is 0.417. The molecule has 1 atom stereocenters. The molecule has 3 nitrogen and oxygen atoms in total. The monoisotopic (exact) mass is 261 g/mol. The third kappa shape index (κ3) is 3.94. The summed E-state index contributed by atoms with van der Waals surface area (Å²) < 4.78 is 41.7. The Bertz CT molecular complexity index is 401. The zero-order valence-electron chi connectivity index (χ0n) is 10.0. The summed E-state index contributed by atoms with van der Waals surface area (Å²) in [5, 5.41) is 2.30. The lowest BCUT2D eigenvalue weighted by Crippen LogP contribution is -2.33. The van der Waals surface area contributed by atoms with Gasteiger partial charge in [-0.05, 0) is 38.1 Å². The second kappa shape index (κ2) is 5.75. The van der Waals surface area contributed by atoms with Crippen molar-refractivity contribution in [3.63, 3.8) is 0 Å². The maximum Gasteiger partial charge on any atom is 0.408 e. The third-order valence-electron chi connectivity index (χ3n) is 2.27. The van der Waals surface area contributed by atoms with Gasteiger partial charge in [-0.1, -0.05) is 0 Å². The average Bonchev–Trinajstić information content (AvgIpc) is 2.29. The molecular formula is C12H14F3NO2. The van der Waals surface area contributed by atoms with Crippen molar-refractivity contribution in [2.75, 3.05) is 11.9 Å². The summed E-state index contributed by atoms with van der Waals surface area (Å²) in [6.07, 6.45) is -4.31. The molecule has 0 saturated heterocycles. The number of carbonyl (C=O) groups is 1. The van der Waals surface area contributed by atoms with Crippen LogP contribution in [0.15, 0.2) is 24.3 Å². The molecule has 0 spiro atoms.